The molecule has 0 aromatic heterocycles. The van der Waals surface area contributed by atoms with Crippen LogP contribution in [0.1, 0.15) is 28.3 Å². The van der Waals surface area contributed by atoms with E-state index in [9.17, 15) is 0 Å². The zero-order valence-corrected chi connectivity index (χ0v) is 20.4. The van der Waals surface area contributed by atoms with Crippen molar-refractivity contribution in [2.45, 2.75) is 25.9 Å². The highest BCUT2D eigenvalue weighted by molar-refractivity contribution is 5.55. The zero-order chi connectivity index (χ0) is 24.4. The number of piperazine rings is 1. The van der Waals surface area contributed by atoms with Gasteiger partial charge in [0.05, 0.1) is 0 Å². The quantitative estimate of drug-likeness (QED) is 0.307. The fourth-order valence-corrected chi connectivity index (χ4v) is 4.24. The second-order valence-corrected chi connectivity index (χ2v) is 8.88. The molecule has 5 rings (SSSR count). The minimum atomic E-state index is 0.167. The molecule has 36 heavy (non-hydrogen) atoms. The summed E-state index contributed by atoms with van der Waals surface area (Å²) in [6.45, 7) is 4.04. The Balaban J connectivity index is 1.48. The summed E-state index contributed by atoms with van der Waals surface area (Å²) >= 11 is 0. The zero-order valence-electron chi connectivity index (χ0n) is 20.4. The van der Waals surface area contributed by atoms with Crippen LogP contribution in [-0.4, -0.2) is 19.6 Å². The van der Waals surface area contributed by atoms with Gasteiger partial charge in [0.2, 0.25) is 5.75 Å². The Morgan fingerprint density at radius 1 is 0.583 bits per heavy atom. The Kier molecular flexibility index (Phi) is 8.14. The summed E-state index contributed by atoms with van der Waals surface area (Å²) in [4.78, 5) is 0. The molecule has 5 nitrogen and oxygen atoms in total. The number of ether oxygens (including phenoxy) is 3. The maximum atomic E-state index is 6.39. The molecule has 1 aliphatic heterocycles. The van der Waals surface area contributed by atoms with Gasteiger partial charge in [-0.2, -0.15) is 0 Å². The summed E-state index contributed by atoms with van der Waals surface area (Å²) < 4.78 is 19.2. The lowest BCUT2D eigenvalue weighted by molar-refractivity contribution is 0.229. The highest BCUT2D eigenvalue weighted by Crippen LogP contribution is 2.42. The van der Waals surface area contributed by atoms with Gasteiger partial charge in [0.15, 0.2) is 11.5 Å². The van der Waals surface area contributed by atoms with Crippen LogP contribution in [0.3, 0.4) is 0 Å². The van der Waals surface area contributed by atoms with Crippen molar-refractivity contribution >= 4 is 0 Å². The second-order valence-electron chi connectivity index (χ2n) is 8.88. The van der Waals surface area contributed by atoms with Crippen molar-refractivity contribution in [3.8, 4) is 17.2 Å². The van der Waals surface area contributed by atoms with Crippen LogP contribution >= 0.6 is 0 Å². The summed E-state index contributed by atoms with van der Waals surface area (Å²) in [5.74, 6) is 1.99. The summed E-state index contributed by atoms with van der Waals surface area (Å²) in [5.41, 5.74) is 4.39. The molecule has 1 atom stereocenters. The molecule has 1 heterocycles. The highest BCUT2D eigenvalue weighted by atomic mass is 16.5. The SMILES string of the molecule is c1ccc(COc2cc(C3CNCCN3)cc(OCc3ccccc3)c2OCc2ccccc2)cc1. The maximum Gasteiger partial charge on any atom is 0.203 e. The van der Waals surface area contributed by atoms with Crippen LogP contribution < -0.4 is 24.8 Å². The van der Waals surface area contributed by atoms with Gasteiger partial charge in [-0.05, 0) is 34.4 Å². The van der Waals surface area contributed by atoms with Crippen LogP contribution in [0.15, 0.2) is 103 Å². The van der Waals surface area contributed by atoms with E-state index in [0.29, 0.717) is 37.1 Å². The molecule has 0 amide bonds. The van der Waals surface area contributed by atoms with Crippen LogP contribution in [-0.2, 0) is 19.8 Å². The summed E-state index contributed by atoms with van der Waals surface area (Å²) in [5, 5.41) is 7.07. The van der Waals surface area contributed by atoms with Crippen molar-refractivity contribution in [3.05, 3.63) is 125 Å². The van der Waals surface area contributed by atoms with Crippen LogP contribution in [0, 0.1) is 0 Å². The number of rotatable bonds is 10. The Hall–Kier alpha value is -3.80. The number of nitrogens with one attached hydrogen (secondary N) is 2. The van der Waals surface area contributed by atoms with Crippen molar-refractivity contribution in [2.75, 3.05) is 19.6 Å². The first-order valence-corrected chi connectivity index (χ1v) is 12.5. The minimum absolute atomic E-state index is 0.167. The van der Waals surface area contributed by atoms with Crippen molar-refractivity contribution in [2.24, 2.45) is 0 Å². The predicted molar refractivity (Wildman–Crippen MR) is 142 cm³/mol. The molecule has 2 N–H and O–H groups in total. The first-order valence-electron chi connectivity index (χ1n) is 12.5. The molecule has 0 spiro atoms. The van der Waals surface area contributed by atoms with Gasteiger partial charge in [-0.25, -0.2) is 0 Å². The van der Waals surface area contributed by atoms with Gasteiger partial charge in [0.25, 0.3) is 0 Å². The highest BCUT2D eigenvalue weighted by Gasteiger charge is 2.22. The molecule has 1 saturated heterocycles. The third-order valence-corrected chi connectivity index (χ3v) is 6.19. The van der Waals surface area contributed by atoms with E-state index in [0.717, 1.165) is 41.9 Å². The van der Waals surface area contributed by atoms with Crippen LogP contribution in [0.5, 0.6) is 17.2 Å². The smallest absolute Gasteiger partial charge is 0.203 e. The van der Waals surface area contributed by atoms with E-state index >= 15 is 0 Å². The monoisotopic (exact) mass is 480 g/mol. The Morgan fingerprint density at radius 3 is 1.50 bits per heavy atom. The molecular weight excluding hydrogens is 448 g/mol. The standard InChI is InChI=1S/C31H32N2O3/c1-4-10-24(11-5-1)21-34-29-18-27(28-20-32-16-17-33-28)19-30(35-22-25-12-6-2-7-13-25)31(29)36-23-26-14-8-3-9-15-26/h1-15,18-19,28,32-33H,16-17,20-23H2. The Bertz CT molecular complexity index is 1150. The third kappa shape index (κ3) is 6.45. The van der Waals surface area contributed by atoms with Crippen LogP contribution in [0.2, 0.25) is 0 Å². The molecule has 4 aromatic rings. The maximum absolute atomic E-state index is 6.39. The molecule has 1 fully saturated rings. The van der Waals surface area contributed by atoms with Crippen LogP contribution in [0.25, 0.3) is 0 Å². The minimum Gasteiger partial charge on any atom is -0.485 e. The average Bonchev–Trinajstić information content (AvgIpc) is 2.96. The van der Waals surface area contributed by atoms with Gasteiger partial charge >= 0.3 is 0 Å². The van der Waals surface area contributed by atoms with Gasteiger partial charge in [-0.3, -0.25) is 0 Å². The number of hydrogen-bond donors (Lipinski definition) is 2. The predicted octanol–water partition coefficient (Wildman–Crippen LogP) is 5.66. The van der Waals surface area contributed by atoms with E-state index < -0.39 is 0 Å². The topological polar surface area (TPSA) is 51.8 Å². The Morgan fingerprint density at radius 2 is 1.06 bits per heavy atom. The van der Waals surface area contributed by atoms with Gasteiger partial charge < -0.3 is 24.8 Å². The van der Waals surface area contributed by atoms with Gasteiger partial charge in [0.1, 0.15) is 19.8 Å². The summed E-state index contributed by atoms with van der Waals surface area (Å²) in [6.07, 6.45) is 0. The molecule has 0 bridgehead atoms. The molecule has 0 saturated carbocycles. The second kappa shape index (κ2) is 12.2. The Labute approximate surface area is 213 Å². The lowest BCUT2D eigenvalue weighted by atomic mass is 10.0. The molecule has 1 aliphatic rings. The van der Waals surface area contributed by atoms with E-state index in [1.807, 2.05) is 54.6 Å². The van der Waals surface area contributed by atoms with E-state index in [4.69, 9.17) is 14.2 Å². The summed E-state index contributed by atoms with van der Waals surface area (Å²) in [6, 6.07) is 34.9. The first kappa shape index (κ1) is 23.9. The fraction of sp³-hybridized carbons (Fsp3) is 0.226. The van der Waals surface area contributed by atoms with Crippen molar-refractivity contribution in [1.29, 1.82) is 0 Å². The van der Waals surface area contributed by atoms with E-state index in [1.54, 1.807) is 0 Å². The number of benzene rings is 4. The van der Waals surface area contributed by atoms with E-state index in [-0.39, 0.29) is 6.04 Å². The fourth-order valence-electron chi connectivity index (χ4n) is 4.24. The van der Waals surface area contributed by atoms with Crippen molar-refractivity contribution < 1.29 is 14.2 Å². The van der Waals surface area contributed by atoms with Crippen molar-refractivity contribution in [1.82, 2.24) is 10.6 Å². The normalized spacial score (nSPS) is 15.3. The van der Waals surface area contributed by atoms with Crippen molar-refractivity contribution in [3.63, 3.8) is 0 Å². The molecule has 4 aromatic carbocycles. The lowest BCUT2D eigenvalue weighted by Gasteiger charge is -2.27. The molecule has 1 unspecified atom stereocenters. The lowest BCUT2D eigenvalue weighted by Crippen LogP contribution is -2.42. The molecule has 0 aliphatic carbocycles. The van der Waals surface area contributed by atoms with E-state index in [1.165, 1.54) is 0 Å². The molecule has 0 radical (unpaired) electrons. The largest absolute Gasteiger partial charge is 0.485 e. The first-order chi connectivity index (χ1) is 17.8. The average molecular weight is 481 g/mol. The molecule has 184 valence electrons. The van der Waals surface area contributed by atoms with Gasteiger partial charge in [0, 0.05) is 25.7 Å². The van der Waals surface area contributed by atoms with E-state index in [2.05, 4.69) is 59.2 Å². The van der Waals surface area contributed by atoms with Crippen LogP contribution in [0.4, 0.5) is 0 Å². The third-order valence-electron chi connectivity index (χ3n) is 6.19. The molecular formula is C31H32N2O3. The van der Waals surface area contributed by atoms with Gasteiger partial charge in [-0.15, -0.1) is 0 Å². The van der Waals surface area contributed by atoms with Gasteiger partial charge in [-0.1, -0.05) is 91.0 Å². The summed E-state index contributed by atoms with van der Waals surface area (Å²) in [7, 11) is 0. The molecule has 5 heteroatoms. The number of hydrogen-bond acceptors (Lipinski definition) is 5.